The lowest BCUT2D eigenvalue weighted by Crippen LogP contribution is -2.36. The van der Waals surface area contributed by atoms with Crippen LogP contribution in [0.2, 0.25) is 0 Å². The highest BCUT2D eigenvalue weighted by Crippen LogP contribution is 2.45. The van der Waals surface area contributed by atoms with Gasteiger partial charge >= 0.3 is 0 Å². The van der Waals surface area contributed by atoms with Crippen molar-refractivity contribution in [2.75, 3.05) is 4.90 Å². The van der Waals surface area contributed by atoms with Crippen molar-refractivity contribution in [1.29, 1.82) is 0 Å². The number of thiazole rings is 1. The maximum atomic E-state index is 14.3. The van der Waals surface area contributed by atoms with Crippen molar-refractivity contribution >= 4 is 32.6 Å². The fourth-order valence-electron chi connectivity index (χ4n) is 4.20. The van der Waals surface area contributed by atoms with E-state index in [0.717, 1.165) is 27.0 Å². The van der Waals surface area contributed by atoms with E-state index in [1.54, 1.807) is 11.1 Å². The van der Waals surface area contributed by atoms with Crippen molar-refractivity contribution in [3.8, 4) is 11.5 Å². The summed E-state index contributed by atoms with van der Waals surface area (Å²) < 4.78 is 7.15. The summed E-state index contributed by atoms with van der Waals surface area (Å²) in [5, 5.41) is 0.660. The number of hydrogen-bond donors (Lipinski definition) is 0. The zero-order chi connectivity index (χ0) is 22.2. The summed E-state index contributed by atoms with van der Waals surface area (Å²) in [6.07, 6.45) is 1.75. The third kappa shape index (κ3) is 3.54. The molecule has 5 aromatic rings. The third-order valence-corrected chi connectivity index (χ3v) is 6.81. The van der Waals surface area contributed by atoms with Gasteiger partial charge in [0.05, 0.1) is 28.4 Å². The van der Waals surface area contributed by atoms with E-state index in [4.69, 9.17) is 9.72 Å². The van der Waals surface area contributed by atoms with E-state index in [1.807, 2.05) is 91.0 Å². The molecule has 0 N–H and O–H groups in total. The summed E-state index contributed by atoms with van der Waals surface area (Å²) in [7, 11) is 0. The fraction of sp³-hybridized carbons (Fsp3) is 0.0741. The van der Waals surface area contributed by atoms with Crippen LogP contribution in [-0.4, -0.2) is 15.9 Å². The number of para-hydroxylation sites is 3. The Morgan fingerprint density at radius 1 is 0.848 bits per heavy atom. The monoisotopic (exact) mass is 449 g/mol. The molecule has 1 amide bonds. The molecule has 3 aromatic carbocycles. The Labute approximate surface area is 194 Å². The van der Waals surface area contributed by atoms with Gasteiger partial charge in [-0.05, 0) is 36.4 Å². The number of fused-ring (bicyclic) bond motifs is 3. The number of carbonyl (C=O) groups excluding carboxylic acids is 1. The van der Waals surface area contributed by atoms with Crippen LogP contribution in [0.4, 0.5) is 5.13 Å². The minimum Gasteiger partial charge on any atom is -0.457 e. The Morgan fingerprint density at radius 2 is 1.52 bits per heavy atom. The maximum Gasteiger partial charge on any atom is 0.241 e. The van der Waals surface area contributed by atoms with E-state index in [1.165, 1.54) is 11.3 Å². The lowest BCUT2D eigenvalue weighted by molar-refractivity contribution is -0.119. The lowest BCUT2D eigenvalue weighted by atomic mass is 9.87. The van der Waals surface area contributed by atoms with Crippen LogP contribution in [0.15, 0.2) is 97.2 Å². The van der Waals surface area contributed by atoms with E-state index in [2.05, 4.69) is 4.98 Å². The van der Waals surface area contributed by atoms with Gasteiger partial charge in [-0.3, -0.25) is 14.7 Å². The van der Waals surface area contributed by atoms with Gasteiger partial charge in [0.1, 0.15) is 11.5 Å². The van der Waals surface area contributed by atoms with Crippen molar-refractivity contribution in [3.05, 3.63) is 114 Å². The molecule has 0 fully saturated rings. The van der Waals surface area contributed by atoms with Crippen LogP contribution in [0, 0.1) is 0 Å². The molecule has 0 bridgehead atoms. The van der Waals surface area contributed by atoms with Crippen molar-refractivity contribution in [2.24, 2.45) is 0 Å². The molecule has 6 heteroatoms. The van der Waals surface area contributed by atoms with Gasteiger partial charge in [0.25, 0.3) is 0 Å². The number of anilines is 1. The molecule has 0 atom stereocenters. The average molecular weight is 450 g/mol. The number of carbonyl (C=O) groups is 1. The second-order valence-corrected chi connectivity index (χ2v) is 8.83. The van der Waals surface area contributed by atoms with Gasteiger partial charge < -0.3 is 4.74 Å². The maximum absolute atomic E-state index is 14.3. The summed E-state index contributed by atoms with van der Waals surface area (Å²) in [6, 6.07) is 29.2. The van der Waals surface area contributed by atoms with Crippen LogP contribution < -0.4 is 9.64 Å². The summed E-state index contributed by atoms with van der Waals surface area (Å²) in [5.41, 5.74) is 3.39. The van der Waals surface area contributed by atoms with Crippen LogP contribution in [0.3, 0.4) is 0 Å². The molecule has 0 saturated carbocycles. The molecular formula is C27H19N3O2S. The first kappa shape index (κ1) is 19.6. The first-order valence-corrected chi connectivity index (χ1v) is 11.5. The Bertz CT molecular complexity index is 1390. The number of hydrogen-bond acceptors (Lipinski definition) is 5. The molecule has 0 aliphatic carbocycles. The third-order valence-electron chi connectivity index (χ3n) is 5.75. The molecule has 3 heterocycles. The van der Waals surface area contributed by atoms with Gasteiger partial charge in [-0.15, -0.1) is 0 Å². The Kier molecular flexibility index (Phi) is 4.85. The number of aromatic nitrogens is 2. The molecule has 33 heavy (non-hydrogen) atoms. The minimum atomic E-state index is -0.498. The molecule has 1 aliphatic rings. The van der Waals surface area contributed by atoms with Gasteiger partial charge in [-0.2, -0.15) is 0 Å². The number of pyridine rings is 1. The zero-order valence-electron chi connectivity index (χ0n) is 17.6. The van der Waals surface area contributed by atoms with Crippen LogP contribution >= 0.6 is 11.3 Å². The van der Waals surface area contributed by atoms with Gasteiger partial charge in [0.2, 0.25) is 5.91 Å². The molecule has 2 aromatic heterocycles. The number of nitrogens with zero attached hydrogens (tertiary/aromatic N) is 3. The van der Waals surface area contributed by atoms with E-state index in [0.29, 0.717) is 23.2 Å². The molecule has 0 unspecified atom stereocenters. The summed E-state index contributed by atoms with van der Waals surface area (Å²) in [6.45, 7) is 0.335. The second-order valence-electron chi connectivity index (χ2n) is 7.82. The molecule has 1 aliphatic heterocycles. The highest BCUT2D eigenvalue weighted by Gasteiger charge is 2.36. The average Bonchev–Trinajstić information content (AvgIpc) is 3.30. The predicted octanol–water partition coefficient (Wildman–Crippen LogP) is 6.16. The number of rotatable bonds is 4. The smallest absolute Gasteiger partial charge is 0.241 e. The van der Waals surface area contributed by atoms with E-state index in [9.17, 15) is 4.79 Å². The first-order chi connectivity index (χ1) is 16.3. The van der Waals surface area contributed by atoms with E-state index in [-0.39, 0.29) is 5.91 Å². The number of amides is 1. The van der Waals surface area contributed by atoms with Crippen LogP contribution in [0.5, 0.6) is 11.5 Å². The molecule has 6 rings (SSSR count). The summed E-state index contributed by atoms with van der Waals surface area (Å²) >= 11 is 1.51. The SMILES string of the molecule is O=C(C1c2ccccc2Oc2ccccc21)N(Cc1ccccn1)c1nc2ccccc2s1. The topological polar surface area (TPSA) is 55.3 Å². The fourth-order valence-corrected chi connectivity index (χ4v) is 5.17. The molecular weight excluding hydrogens is 430 g/mol. The van der Waals surface area contributed by atoms with Gasteiger partial charge in [0.15, 0.2) is 5.13 Å². The zero-order valence-corrected chi connectivity index (χ0v) is 18.4. The van der Waals surface area contributed by atoms with Crippen molar-refractivity contribution in [2.45, 2.75) is 12.5 Å². The quantitative estimate of drug-likeness (QED) is 0.330. The molecule has 0 radical (unpaired) electrons. The highest BCUT2D eigenvalue weighted by molar-refractivity contribution is 7.22. The minimum absolute atomic E-state index is 0.0529. The lowest BCUT2D eigenvalue weighted by Gasteiger charge is -2.31. The Hall–Kier alpha value is -4.03. The van der Waals surface area contributed by atoms with Crippen molar-refractivity contribution in [1.82, 2.24) is 9.97 Å². The van der Waals surface area contributed by atoms with Gasteiger partial charge in [-0.25, -0.2) is 4.98 Å². The predicted molar refractivity (Wildman–Crippen MR) is 130 cm³/mol. The number of ether oxygens (including phenoxy) is 1. The van der Waals surface area contributed by atoms with E-state index < -0.39 is 5.92 Å². The summed E-state index contributed by atoms with van der Waals surface area (Å²) in [4.78, 5) is 25.3. The number of benzene rings is 3. The van der Waals surface area contributed by atoms with Gasteiger partial charge in [0, 0.05) is 17.3 Å². The van der Waals surface area contributed by atoms with Crippen molar-refractivity contribution < 1.29 is 9.53 Å². The van der Waals surface area contributed by atoms with Gasteiger partial charge in [-0.1, -0.05) is 65.9 Å². The molecule has 0 saturated heterocycles. The molecule has 160 valence electrons. The highest BCUT2D eigenvalue weighted by atomic mass is 32.1. The largest absolute Gasteiger partial charge is 0.457 e. The van der Waals surface area contributed by atoms with Crippen LogP contribution in [0.1, 0.15) is 22.7 Å². The van der Waals surface area contributed by atoms with E-state index >= 15 is 0 Å². The molecule has 5 nitrogen and oxygen atoms in total. The van der Waals surface area contributed by atoms with Crippen molar-refractivity contribution in [3.63, 3.8) is 0 Å². The first-order valence-electron chi connectivity index (χ1n) is 10.7. The summed E-state index contributed by atoms with van der Waals surface area (Å²) in [5.74, 6) is 0.859. The second kappa shape index (κ2) is 8.15. The normalized spacial score (nSPS) is 12.6. The Morgan fingerprint density at radius 3 is 2.21 bits per heavy atom. The molecule has 0 spiro atoms. The van der Waals surface area contributed by atoms with Crippen LogP contribution in [-0.2, 0) is 11.3 Å². The Balaban J connectivity index is 1.49. The van der Waals surface area contributed by atoms with Crippen LogP contribution in [0.25, 0.3) is 10.2 Å². The standard InChI is InChI=1S/C27H19N3O2S/c31-26(25-19-10-1-4-13-22(19)32-23-14-5-2-11-20(23)25)30(17-18-9-7-8-16-28-18)27-29-21-12-3-6-15-24(21)33-27/h1-16,25H,17H2.